The number of aryl methyl sites for hydroxylation is 1. The molecule has 2 amide bonds. The number of nitrogens with zero attached hydrogens (tertiary/aromatic N) is 1. The normalized spacial score (nSPS) is 15.1. The van der Waals surface area contributed by atoms with Crippen LogP contribution in [0.3, 0.4) is 0 Å². The molecule has 1 heterocycles. The molecule has 0 saturated heterocycles. The fraction of sp³-hybridized carbons (Fsp3) is 0.333. The first kappa shape index (κ1) is 23.1. The minimum absolute atomic E-state index is 0.122. The number of carbonyl (C=O) groups is 2. The monoisotopic (exact) mass is 462 g/mol. The van der Waals surface area contributed by atoms with Crippen LogP contribution in [0.1, 0.15) is 54.1 Å². The average Bonchev–Trinajstić information content (AvgIpc) is 3.31. The highest BCUT2D eigenvalue weighted by Crippen LogP contribution is 2.31. The third-order valence-electron chi connectivity index (χ3n) is 6.12. The average molecular weight is 463 g/mol. The predicted molar refractivity (Wildman–Crippen MR) is 133 cm³/mol. The highest BCUT2D eigenvalue weighted by atomic mass is 32.1. The fourth-order valence-corrected chi connectivity index (χ4v) is 5.16. The van der Waals surface area contributed by atoms with E-state index in [1.54, 1.807) is 29.2 Å². The van der Waals surface area contributed by atoms with Gasteiger partial charge in [0.15, 0.2) is 0 Å². The van der Waals surface area contributed by atoms with E-state index in [1.807, 2.05) is 48.7 Å². The van der Waals surface area contributed by atoms with Crippen LogP contribution in [0.5, 0.6) is 5.75 Å². The van der Waals surface area contributed by atoms with Gasteiger partial charge in [0.05, 0.1) is 6.42 Å². The summed E-state index contributed by atoms with van der Waals surface area (Å²) in [6.07, 6.45) is 5.55. The van der Waals surface area contributed by atoms with Crippen LogP contribution in [-0.2, 0) is 16.0 Å². The Kier molecular flexibility index (Phi) is 7.45. The van der Waals surface area contributed by atoms with E-state index in [9.17, 15) is 14.7 Å². The first-order valence-corrected chi connectivity index (χ1v) is 12.4. The third-order valence-corrected chi connectivity index (χ3v) is 7.00. The minimum atomic E-state index is -0.832. The number of rotatable bonds is 7. The number of hydrogen-bond acceptors (Lipinski definition) is 4. The highest BCUT2D eigenvalue weighted by Gasteiger charge is 2.34. The Morgan fingerprint density at radius 1 is 1.06 bits per heavy atom. The van der Waals surface area contributed by atoms with Crippen molar-refractivity contribution in [3.05, 3.63) is 82.0 Å². The van der Waals surface area contributed by atoms with Crippen molar-refractivity contribution in [3.63, 3.8) is 0 Å². The molecule has 4 rings (SSSR count). The van der Waals surface area contributed by atoms with Gasteiger partial charge in [-0.3, -0.25) is 14.5 Å². The molecule has 172 valence electrons. The van der Waals surface area contributed by atoms with Crippen molar-refractivity contribution >= 4 is 28.8 Å². The molecule has 6 heteroatoms. The van der Waals surface area contributed by atoms with Crippen LogP contribution in [0.25, 0.3) is 0 Å². The van der Waals surface area contributed by atoms with E-state index in [1.165, 1.54) is 17.8 Å². The number of amides is 2. The summed E-state index contributed by atoms with van der Waals surface area (Å²) in [6.45, 7) is 1.98. The van der Waals surface area contributed by atoms with Crippen molar-refractivity contribution in [2.45, 2.75) is 57.5 Å². The van der Waals surface area contributed by atoms with E-state index in [4.69, 9.17) is 0 Å². The molecule has 0 bridgehead atoms. The summed E-state index contributed by atoms with van der Waals surface area (Å²) in [5.74, 6) is -0.203. The Morgan fingerprint density at radius 2 is 1.82 bits per heavy atom. The van der Waals surface area contributed by atoms with Crippen LogP contribution >= 0.6 is 11.3 Å². The van der Waals surface area contributed by atoms with Crippen molar-refractivity contribution in [3.8, 4) is 5.75 Å². The Balaban J connectivity index is 1.74. The van der Waals surface area contributed by atoms with Gasteiger partial charge in [-0.25, -0.2) is 0 Å². The second-order valence-electron chi connectivity index (χ2n) is 8.70. The van der Waals surface area contributed by atoms with Crippen LogP contribution in [-0.4, -0.2) is 23.0 Å². The lowest BCUT2D eigenvalue weighted by atomic mass is 9.94. The van der Waals surface area contributed by atoms with E-state index in [2.05, 4.69) is 5.32 Å². The number of carbonyl (C=O) groups excluding carboxylic acids is 2. The van der Waals surface area contributed by atoms with Gasteiger partial charge in [-0.1, -0.05) is 49.6 Å². The van der Waals surface area contributed by atoms with Crippen LogP contribution in [0, 0.1) is 6.92 Å². The van der Waals surface area contributed by atoms with Gasteiger partial charge in [0.1, 0.15) is 11.8 Å². The van der Waals surface area contributed by atoms with Gasteiger partial charge in [-0.05, 0) is 66.6 Å². The number of phenolic OH excluding ortho intramolecular Hbond substituents is 1. The molecule has 2 N–H and O–H groups in total. The number of hydrogen-bond donors (Lipinski definition) is 2. The van der Waals surface area contributed by atoms with E-state index >= 15 is 0 Å². The summed E-state index contributed by atoms with van der Waals surface area (Å²) in [5.41, 5.74) is 2.37. The quantitative estimate of drug-likeness (QED) is 0.485. The van der Waals surface area contributed by atoms with Crippen molar-refractivity contribution in [2.24, 2.45) is 0 Å². The van der Waals surface area contributed by atoms with Crippen molar-refractivity contribution in [1.82, 2.24) is 5.32 Å². The Hall–Kier alpha value is -3.12. The van der Waals surface area contributed by atoms with Gasteiger partial charge in [-0.15, -0.1) is 11.3 Å². The van der Waals surface area contributed by atoms with Gasteiger partial charge in [0.2, 0.25) is 11.8 Å². The maximum Gasteiger partial charge on any atom is 0.248 e. The zero-order valence-electron chi connectivity index (χ0n) is 18.9. The molecule has 3 aromatic rings. The Labute approximate surface area is 199 Å². The zero-order valence-corrected chi connectivity index (χ0v) is 19.7. The predicted octanol–water partition coefficient (Wildman–Crippen LogP) is 5.53. The molecule has 1 aliphatic carbocycles. The van der Waals surface area contributed by atoms with Gasteiger partial charge in [0, 0.05) is 16.6 Å². The smallest absolute Gasteiger partial charge is 0.248 e. The number of benzene rings is 2. The molecule has 1 saturated carbocycles. The number of phenols is 1. The molecule has 0 radical (unpaired) electrons. The summed E-state index contributed by atoms with van der Waals surface area (Å²) >= 11 is 1.53. The van der Waals surface area contributed by atoms with Gasteiger partial charge in [-0.2, -0.15) is 0 Å². The topological polar surface area (TPSA) is 69.6 Å². The second kappa shape index (κ2) is 10.7. The van der Waals surface area contributed by atoms with Crippen LogP contribution in [0.2, 0.25) is 0 Å². The molecule has 0 aliphatic heterocycles. The maximum absolute atomic E-state index is 13.7. The summed E-state index contributed by atoms with van der Waals surface area (Å²) in [4.78, 5) is 30.0. The molecular formula is C27H30N2O3S. The molecule has 33 heavy (non-hydrogen) atoms. The lowest BCUT2D eigenvalue weighted by molar-refractivity contribution is -0.127. The Morgan fingerprint density at radius 3 is 2.48 bits per heavy atom. The molecule has 2 aromatic carbocycles. The number of nitrogens with one attached hydrogen (secondary N) is 1. The molecule has 1 fully saturated rings. The number of aromatic hydroxyl groups is 1. The van der Waals surface area contributed by atoms with E-state index in [-0.39, 0.29) is 30.0 Å². The first-order chi connectivity index (χ1) is 16.0. The zero-order chi connectivity index (χ0) is 23.2. The van der Waals surface area contributed by atoms with Crippen LogP contribution in [0.4, 0.5) is 5.69 Å². The van der Waals surface area contributed by atoms with Crippen LogP contribution in [0.15, 0.2) is 66.0 Å². The Bertz CT molecular complexity index is 1070. The van der Waals surface area contributed by atoms with Gasteiger partial charge in [0.25, 0.3) is 0 Å². The summed E-state index contributed by atoms with van der Waals surface area (Å²) in [7, 11) is 0. The van der Waals surface area contributed by atoms with E-state index < -0.39 is 6.04 Å². The SMILES string of the molecule is Cc1cccc(N(C(=O)Cc2cccs2)[C@@H](C(=O)NC2CCCCC2)c2ccc(O)cc2)c1. The largest absolute Gasteiger partial charge is 0.508 e. The molecule has 0 spiro atoms. The van der Waals surface area contributed by atoms with Gasteiger partial charge >= 0.3 is 0 Å². The second-order valence-corrected chi connectivity index (χ2v) is 9.73. The number of thiophene rings is 1. The molecule has 0 unspecified atom stereocenters. The molecular weight excluding hydrogens is 432 g/mol. The highest BCUT2D eigenvalue weighted by molar-refractivity contribution is 7.10. The summed E-state index contributed by atoms with van der Waals surface area (Å²) < 4.78 is 0. The number of anilines is 1. The lowest BCUT2D eigenvalue weighted by Gasteiger charge is -2.33. The van der Waals surface area contributed by atoms with E-state index in [0.29, 0.717) is 11.3 Å². The molecule has 5 nitrogen and oxygen atoms in total. The standard InChI is InChI=1S/C27H30N2O3S/c1-19-7-5-10-22(17-19)29(25(31)18-24-11-6-16-33-24)26(20-12-14-23(30)15-13-20)27(32)28-21-8-3-2-4-9-21/h5-7,10-17,21,26,30H,2-4,8-9,18H2,1H3,(H,28,32)/t26-/m1/s1. The van der Waals surface area contributed by atoms with Crippen molar-refractivity contribution in [2.75, 3.05) is 4.90 Å². The molecule has 1 atom stereocenters. The molecule has 1 aliphatic rings. The van der Waals surface area contributed by atoms with Crippen LogP contribution < -0.4 is 10.2 Å². The van der Waals surface area contributed by atoms with Gasteiger partial charge < -0.3 is 10.4 Å². The van der Waals surface area contributed by atoms with E-state index in [0.717, 1.165) is 36.1 Å². The van der Waals surface area contributed by atoms with Crippen molar-refractivity contribution < 1.29 is 14.7 Å². The lowest BCUT2D eigenvalue weighted by Crippen LogP contribution is -2.47. The van der Waals surface area contributed by atoms with Crippen molar-refractivity contribution in [1.29, 1.82) is 0 Å². The minimum Gasteiger partial charge on any atom is -0.508 e. The summed E-state index contributed by atoms with van der Waals surface area (Å²) in [6, 6.07) is 17.4. The maximum atomic E-state index is 13.7. The first-order valence-electron chi connectivity index (χ1n) is 11.5. The third kappa shape index (κ3) is 5.82. The molecule has 1 aromatic heterocycles. The summed E-state index contributed by atoms with van der Waals surface area (Å²) in [5, 5.41) is 15.0. The fourth-order valence-electron chi connectivity index (χ4n) is 4.46.